The molecule has 1 aromatic heterocycles. The lowest BCUT2D eigenvalue weighted by molar-refractivity contribution is 0.0464. The Morgan fingerprint density at radius 3 is 2.57 bits per heavy atom. The fourth-order valence-corrected chi connectivity index (χ4v) is 2.40. The SMILES string of the molecule is COC(=O)c1ccc(CNC2CC(NC(=O)OC(C)(C)C)C2)[nH]1. The zero-order valence-corrected chi connectivity index (χ0v) is 14.1. The fraction of sp³-hybridized carbons (Fsp3) is 0.625. The van der Waals surface area contributed by atoms with Gasteiger partial charge >= 0.3 is 12.1 Å². The number of nitrogens with one attached hydrogen (secondary N) is 3. The minimum absolute atomic E-state index is 0.150. The average Bonchev–Trinajstić information content (AvgIpc) is 2.87. The van der Waals surface area contributed by atoms with Crippen LogP contribution in [0.2, 0.25) is 0 Å². The second-order valence-electron chi connectivity index (χ2n) is 6.78. The van der Waals surface area contributed by atoms with Crippen molar-refractivity contribution in [3.05, 3.63) is 23.5 Å². The Kier molecular flexibility index (Phi) is 5.30. The van der Waals surface area contributed by atoms with Crippen LogP contribution in [0.15, 0.2) is 12.1 Å². The molecule has 0 aliphatic heterocycles. The molecule has 1 heterocycles. The van der Waals surface area contributed by atoms with Crippen LogP contribution in [0, 0.1) is 0 Å². The molecule has 3 N–H and O–H groups in total. The number of hydrogen-bond acceptors (Lipinski definition) is 5. The van der Waals surface area contributed by atoms with E-state index in [0.717, 1.165) is 18.5 Å². The summed E-state index contributed by atoms with van der Waals surface area (Å²) in [6, 6.07) is 4.06. The number of hydrogen-bond donors (Lipinski definition) is 3. The molecule has 7 nitrogen and oxygen atoms in total. The van der Waals surface area contributed by atoms with Crippen LogP contribution >= 0.6 is 0 Å². The smallest absolute Gasteiger partial charge is 0.407 e. The van der Waals surface area contributed by atoms with Gasteiger partial charge in [-0.05, 0) is 45.7 Å². The van der Waals surface area contributed by atoms with Crippen LogP contribution in [-0.4, -0.2) is 41.8 Å². The normalized spacial score (nSPS) is 20.5. The van der Waals surface area contributed by atoms with Gasteiger partial charge in [-0.3, -0.25) is 0 Å². The lowest BCUT2D eigenvalue weighted by atomic mass is 9.87. The molecule has 1 aliphatic carbocycles. The molecule has 1 amide bonds. The minimum Gasteiger partial charge on any atom is -0.464 e. The molecular weight excluding hydrogens is 298 g/mol. The fourth-order valence-electron chi connectivity index (χ4n) is 2.40. The molecule has 0 spiro atoms. The first-order valence-corrected chi connectivity index (χ1v) is 7.76. The van der Waals surface area contributed by atoms with Crippen LogP contribution in [-0.2, 0) is 16.0 Å². The van der Waals surface area contributed by atoms with Crippen molar-refractivity contribution in [3.8, 4) is 0 Å². The Balaban J connectivity index is 1.66. The number of methoxy groups -OCH3 is 1. The number of rotatable bonds is 5. The molecule has 0 saturated heterocycles. The third-order valence-corrected chi connectivity index (χ3v) is 3.59. The number of aromatic amines is 1. The third-order valence-electron chi connectivity index (χ3n) is 3.59. The lowest BCUT2D eigenvalue weighted by Crippen LogP contribution is -2.53. The van der Waals surface area contributed by atoms with Crippen molar-refractivity contribution in [2.24, 2.45) is 0 Å². The molecule has 7 heteroatoms. The molecule has 23 heavy (non-hydrogen) atoms. The van der Waals surface area contributed by atoms with Crippen LogP contribution in [0.25, 0.3) is 0 Å². The standard InChI is InChI=1S/C16H25N3O4/c1-16(2,3)23-15(21)19-12-7-11(8-12)17-9-10-5-6-13(18-10)14(20)22-4/h5-6,11-12,17-18H,7-9H2,1-4H3,(H,19,21). The Morgan fingerprint density at radius 1 is 1.26 bits per heavy atom. The van der Waals surface area contributed by atoms with E-state index in [9.17, 15) is 9.59 Å². The molecule has 0 unspecified atom stereocenters. The van der Waals surface area contributed by atoms with Gasteiger partial charge in [0.15, 0.2) is 0 Å². The first-order valence-electron chi connectivity index (χ1n) is 7.76. The molecule has 1 fully saturated rings. The van der Waals surface area contributed by atoms with Crippen molar-refractivity contribution < 1.29 is 19.1 Å². The summed E-state index contributed by atoms with van der Waals surface area (Å²) >= 11 is 0. The lowest BCUT2D eigenvalue weighted by Gasteiger charge is -2.36. The van der Waals surface area contributed by atoms with Gasteiger partial charge in [-0.15, -0.1) is 0 Å². The summed E-state index contributed by atoms with van der Waals surface area (Å²) in [5.41, 5.74) is 0.896. The van der Waals surface area contributed by atoms with Crippen molar-refractivity contribution in [3.63, 3.8) is 0 Å². The molecule has 0 bridgehead atoms. The highest BCUT2D eigenvalue weighted by molar-refractivity contribution is 5.87. The van der Waals surface area contributed by atoms with Crippen LogP contribution in [0.4, 0.5) is 4.79 Å². The Hall–Kier alpha value is -2.02. The Morgan fingerprint density at radius 2 is 1.96 bits per heavy atom. The summed E-state index contributed by atoms with van der Waals surface area (Å²) in [7, 11) is 1.35. The summed E-state index contributed by atoms with van der Waals surface area (Å²) in [5.74, 6) is -0.374. The van der Waals surface area contributed by atoms with Gasteiger partial charge in [-0.2, -0.15) is 0 Å². The van der Waals surface area contributed by atoms with Gasteiger partial charge in [-0.25, -0.2) is 9.59 Å². The van der Waals surface area contributed by atoms with E-state index in [4.69, 9.17) is 4.74 Å². The van der Waals surface area contributed by atoms with Crippen molar-refractivity contribution in [1.29, 1.82) is 0 Å². The molecule has 0 atom stereocenters. The number of aromatic nitrogens is 1. The summed E-state index contributed by atoms with van der Waals surface area (Å²) in [6.45, 7) is 6.17. The van der Waals surface area contributed by atoms with Gasteiger partial charge in [0.2, 0.25) is 0 Å². The van der Waals surface area contributed by atoms with E-state index < -0.39 is 5.60 Å². The molecule has 128 valence electrons. The molecule has 2 rings (SSSR count). The summed E-state index contributed by atoms with van der Waals surface area (Å²) in [5, 5.41) is 6.24. The zero-order chi connectivity index (χ0) is 17.0. The number of carbonyl (C=O) groups is 2. The second kappa shape index (κ2) is 7.04. The van der Waals surface area contributed by atoms with Gasteiger partial charge in [0, 0.05) is 24.3 Å². The van der Waals surface area contributed by atoms with E-state index in [1.165, 1.54) is 7.11 Å². The highest BCUT2D eigenvalue weighted by Gasteiger charge is 2.31. The van der Waals surface area contributed by atoms with E-state index in [1.54, 1.807) is 6.07 Å². The largest absolute Gasteiger partial charge is 0.464 e. The molecule has 1 aromatic rings. The van der Waals surface area contributed by atoms with Gasteiger partial charge < -0.3 is 25.1 Å². The number of H-pyrrole nitrogens is 1. The highest BCUT2D eigenvalue weighted by atomic mass is 16.6. The molecule has 1 saturated carbocycles. The predicted molar refractivity (Wildman–Crippen MR) is 85.2 cm³/mol. The summed E-state index contributed by atoms with van der Waals surface area (Å²) in [6.07, 6.45) is 1.36. The van der Waals surface area contributed by atoms with Crippen molar-refractivity contribution >= 4 is 12.1 Å². The first kappa shape index (κ1) is 17.3. The Labute approximate surface area is 136 Å². The quantitative estimate of drug-likeness (QED) is 0.720. The van der Waals surface area contributed by atoms with E-state index in [0.29, 0.717) is 18.3 Å². The molecule has 0 radical (unpaired) electrons. The minimum atomic E-state index is -0.476. The number of amides is 1. The monoisotopic (exact) mass is 323 g/mol. The van der Waals surface area contributed by atoms with Gasteiger partial charge in [-0.1, -0.05) is 0 Å². The maximum atomic E-state index is 11.6. The number of carbonyl (C=O) groups excluding carboxylic acids is 2. The maximum absolute atomic E-state index is 11.6. The maximum Gasteiger partial charge on any atom is 0.407 e. The van der Waals surface area contributed by atoms with Crippen LogP contribution in [0.5, 0.6) is 0 Å². The zero-order valence-electron chi connectivity index (χ0n) is 14.1. The number of ether oxygens (including phenoxy) is 2. The average molecular weight is 323 g/mol. The molecule has 1 aliphatic rings. The summed E-state index contributed by atoms with van der Waals surface area (Å²) in [4.78, 5) is 26.0. The van der Waals surface area contributed by atoms with Crippen LogP contribution in [0.3, 0.4) is 0 Å². The highest BCUT2D eigenvalue weighted by Crippen LogP contribution is 2.21. The second-order valence-corrected chi connectivity index (χ2v) is 6.78. The van der Waals surface area contributed by atoms with Crippen molar-refractivity contribution in [1.82, 2.24) is 15.6 Å². The topological polar surface area (TPSA) is 92.5 Å². The van der Waals surface area contributed by atoms with Crippen molar-refractivity contribution in [2.45, 2.75) is 57.8 Å². The number of alkyl carbamates (subject to hydrolysis) is 1. The molecule has 0 aromatic carbocycles. The van der Waals surface area contributed by atoms with E-state index in [1.807, 2.05) is 26.8 Å². The predicted octanol–water partition coefficient (Wildman–Crippen LogP) is 1.95. The third kappa shape index (κ3) is 5.28. The van der Waals surface area contributed by atoms with E-state index in [2.05, 4.69) is 20.4 Å². The van der Waals surface area contributed by atoms with Crippen LogP contribution < -0.4 is 10.6 Å². The molecular formula is C16H25N3O4. The van der Waals surface area contributed by atoms with Crippen molar-refractivity contribution in [2.75, 3.05) is 7.11 Å². The van der Waals surface area contributed by atoms with Crippen LogP contribution in [0.1, 0.15) is 49.8 Å². The van der Waals surface area contributed by atoms with E-state index >= 15 is 0 Å². The van der Waals surface area contributed by atoms with Gasteiger partial charge in [0.25, 0.3) is 0 Å². The van der Waals surface area contributed by atoms with E-state index in [-0.39, 0.29) is 18.1 Å². The summed E-state index contributed by atoms with van der Waals surface area (Å²) < 4.78 is 9.88. The van der Waals surface area contributed by atoms with Gasteiger partial charge in [0.05, 0.1) is 7.11 Å². The first-order chi connectivity index (χ1) is 10.8. The van der Waals surface area contributed by atoms with Gasteiger partial charge in [0.1, 0.15) is 11.3 Å². The Bertz CT molecular complexity index is 556. The number of esters is 1.